The van der Waals surface area contributed by atoms with E-state index in [1.807, 2.05) is 27.7 Å². The van der Waals surface area contributed by atoms with E-state index in [1.165, 1.54) is 16.8 Å². The van der Waals surface area contributed by atoms with Gasteiger partial charge in [-0.25, -0.2) is 8.78 Å². The molecule has 1 aromatic heterocycles. The van der Waals surface area contributed by atoms with E-state index < -0.39 is 40.3 Å². The van der Waals surface area contributed by atoms with Gasteiger partial charge in [0, 0.05) is 43.0 Å². The first-order chi connectivity index (χ1) is 16.0. The number of pyridine rings is 1. The van der Waals surface area contributed by atoms with E-state index in [2.05, 4.69) is 10.2 Å². The number of amides is 2. The first-order valence-electron chi connectivity index (χ1n) is 11.3. The molecule has 1 unspecified atom stereocenters. The van der Waals surface area contributed by atoms with E-state index in [0.717, 1.165) is 6.07 Å². The van der Waals surface area contributed by atoms with Crippen molar-refractivity contribution in [2.45, 2.75) is 65.0 Å². The lowest BCUT2D eigenvalue weighted by atomic mass is 9.98. The standard InChI is InChI=1S/C24H28F2N4O4/c1-5-24-12-28-11-17(22(33)27-9-15-6-7-16(25)8-18(15)26)20(31)21(32)19(28)23(34)29(24)10-14(4)30(24)13(2)3/h6-8,11,13-14,32H,5,9-10,12H2,1-4H3,(H,27,33)/t14-,24?/m0/s1. The normalized spacial score (nSPS) is 22.1. The van der Waals surface area contributed by atoms with Crippen LogP contribution in [0.15, 0.2) is 29.2 Å². The molecular formula is C24H28F2N4O4. The number of halogens is 2. The number of carbonyl (C=O) groups excluding carboxylic acids is 2. The van der Waals surface area contributed by atoms with Gasteiger partial charge >= 0.3 is 0 Å². The van der Waals surface area contributed by atoms with Crippen molar-refractivity contribution in [3.8, 4) is 5.75 Å². The highest BCUT2D eigenvalue weighted by Gasteiger charge is 2.56. The van der Waals surface area contributed by atoms with Crippen LogP contribution in [0.5, 0.6) is 5.75 Å². The molecule has 34 heavy (non-hydrogen) atoms. The molecule has 2 aromatic rings. The molecule has 0 spiro atoms. The first kappa shape index (κ1) is 23.9. The Morgan fingerprint density at radius 1 is 1.29 bits per heavy atom. The summed E-state index contributed by atoms with van der Waals surface area (Å²) in [5.74, 6) is -3.65. The number of benzene rings is 1. The fourth-order valence-electron chi connectivity index (χ4n) is 5.48. The van der Waals surface area contributed by atoms with Crippen molar-refractivity contribution in [3.05, 3.63) is 63.1 Å². The Labute approximate surface area is 195 Å². The number of rotatable bonds is 5. The number of aromatic hydroxyl groups is 1. The largest absolute Gasteiger partial charge is 0.503 e. The van der Waals surface area contributed by atoms with Gasteiger partial charge in [-0.3, -0.25) is 19.3 Å². The van der Waals surface area contributed by atoms with Crippen molar-refractivity contribution >= 4 is 11.8 Å². The van der Waals surface area contributed by atoms with Gasteiger partial charge in [0.1, 0.15) is 22.9 Å². The second-order valence-corrected chi connectivity index (χ2v) is 9.22. The van der Waals surface area contributed by atoms with Gasteiger partial charge in [0.2, 0.25) is 5.43 Å². The van der Waals surface area contributed by atoms with E-state index in [-0.39, 0.29) is 42.0 Å². The van der Waals surface area contributed by atoms with Crippen LogP contribution in [-0.2, 0) is 13.1 Å². The minimum Gasteiger partial charge on any atom is -0.503 e. The maximum absolute atomic E-state index is 13.9. The molecule has 1 saturated heterocycles. The smallest absolute Gasteiger partial charge is 0.276 e. The Kier molecular flexibility index (Phi) is 5.97. The van der Waals surface area contributed by atoms with Gasteiger partial charge in [-0.2, -0.15) is 0 Å². The SMILES string of the molecule is CCC12Cn3cc(C(=O)NCc4ccc(F)cc4F)c(=O)c(O)c3C(=O)N1C[C@H](C)N2C(C)C. The molecule has 2 aliphatic heterocycles. The van der Waals surface area contributed by atoms with Crippen molar-refractivity contribution in [3.63, 3.8) is 0 Å². The highest BCUT2D eigenvalue weighted by molar-refractivity contribution is 5.99. The number of carbonyl (C=O) groups is 2. The first-order valence-corrected chi connectivity index (χ1v) is 11.3. The summed E-state index contributed by atoms with van der Waals surface area (Å²) in [5.41, 5.74) is -2.11. The molecule has 0 radical (unpaired) electrons. The molecule has 8 nitrogen and oxygen atoms in total. The molecule has 1 aromatic carbocycles. The van der Waals surface area contributed by atoms with Gasteiger partial charge in [0.15, 0.2) is 11.4 Å². The molecule has 182 valence electrons. The summed E-state index contributed by atoms with van der Waals surface area (Å²) in [6.07, 6.45) is 1.89. The third kappa shape index (κ3) is 3.56. The number of nitrogens with one attached hydrogen (secondary N) is 1. The van der Waals surface area contributed by atoms with E-state index in [9.17, 15) is 28.3 Å². The summed E-state index contributed by atoms with van der Waals surface area (Å²) in [4.78, 5) is 43.0. The van der Waals surface area contributed by atoms with Crippen LogP contribution < -0.4 is 10.7 Å². The van der Waals surface area contributed by atoms with Gasteiger partial charge in [0.05, 0.1) is 6.54 Å². The van der Waals surface area contributed by atoms with E-state index >= 15 is 0 Å². The summed E-state index contributed by atoms with van der Waals surface area (Å²) >= 11 is 0. The van der Waals surface area contributed by atoms with Crippen molar-refractivity contribution in [2.24, 2.45) is 0 Å². The maximum atomic E-state index is 13.9. The average Bonchev–Trinajstić information content (AvgIpc) is 3.08. The summed E-state index contributed by atoms with van der Waals surface area (Å²) in [7, 11) is 0. The minimum absolute atomic E-state index is 0.0420. The average molecular weight is 475 g/mol. The zero-order valence-electron chi connectivity index (χ0n) is 19.6. The lowest BCUT2D eigenvalue weighted by molar-refractivity contribution is -0.0329. The van der Waals surface area contributed by atoms with E-state index in [1.54, 1.807) is 4.90 Å². The highest BCUT2D eigenvalue weighted by atomic mass is 19.1. The monoisotopic (exact) mass is 474 g/mol. The highest BCUT2D eigenvalue weighted by Crippen LogP contribution is 2.42. The quantitative estimate of drug-likeness (QED) is 0.694. The molecule has 1 fully saturated rings. The predicted octanol–water partition coefficient (Wildman–Crippen LogP) is 2.44. The van der Waals surface area contributed by atoms with Gasteiger partial charge in [-0.05, 0) is 33.3 Å². The lowest BCUT2D eigenvalue weighted by Gasteiger charge is -2.49. The van der Waals surface area contributed by atoms with Crippen LogP contribution in [0.2, 0.25) is 0 Å². The number of fused-ring (bicyclic) bond motifs is 2. The van der Waals surface area contributed by atoms with Crippen molar-refractivity contribution < 1.29 is 23.5 Å². The Morgan fingerprint density at radius 2 is 2.00 bits per heavy atom. The van der Waals surface area contributed by atoms with Gasteiger partial charge in [0.25, 0.3) is 11.8 Å². The molecule has 10 heteroatoms. The van der Waals surface area contributed by atoms with E-state index in [0.29, 0.717) is 19.0 Å². The second kappa shape index (κ2) is 8.50. The number of nitrogens with zero attached hydrogens (tertiary/aromatic N) is 3. The van der Waals surface area contributed by atoms with Gasteiger partial charge in [-0.15, -0.1) is 0 Å². The van der Waals surface area contributed by atoms with Crippen molar-refractivity contribution in [2.75, 3.05) is 6.54 Å². The number of hydrogen-bond acceptors (Lipinski definition) is 5. The minimum atomic E-state index is -0.978. The maximum Gasteiger partial charge on any atom is 0.276 e. The van der Waals surface area contributed by atoms with Crippen LogP contribution in [0.25, 0.3) is 0 Å². The topological polar surface area (TPSA) is 94.9 Å². The van der Waals surface area contributed by atoms with Gasteiger partial charge < -0.3 is 19.9 Å². The van der Waals surface area contributed by atoms with Crippen molar-refractivity contribution in [1.29, 1.82) is 0 Å². The number of aromatic nitrogens is 1. The van der Waals surface area contributed by atoms with Crippen LogP contribution >= 0.6 is 0 Å². The molecule has 2 N–H and O–H groups in total. The van der Waals surface area contributed by atoms with Gasteiger partial charge in [-0.1, -0.05) is 13.0 Å². The molecule has 0 bridgehead atoms. The third-order valence-electron chi connectivity index (χ3n) is 6.85. The Balaban J connectivity index is 1.71. The van der Waals surface area contributed by atoms with E-state index in [4.69, 9.17) is 0 Å². The molecule has 0 aliphatic carbocycles. The summed E-state index contributed by atoms with van der Waals surface area (Å²) in [6.45, 7) is 8.56. The zero-order valence-corrected chi connectivity index (χ0v) is 19.6. The second-order valence-electron chi connectivity index (χ2n) is 9.22. The molecule has 2 atom stereocenters. The molecule has 4 rings (SSSR count). The summed E-state index contributed by atoms with van der Waals surface area (Å²) in [5, 5.41) is 13.1. The Bertz CT molecular complexity index is 1230. The fourth-order valence-corrected chi connectivity index (χ4v) is 5.48. The van der Waals surface area contributed by atoms with Crippen LogP contribution in [0.3, 0.4) is 0 Å². The molecule has 2 aliphatic rings. The van der Waals surface area contributed by atoms with Crippen molar-refractivity contribution in [1.82, 2.24) is 19.7 Å². The summed E-state index contributed by atoms with van der Waals surface area (Å²) < 4.78 is 28.5. The molecular weight excluding hydrogens is 446 g/mol. The number of hydrogen-bond donors (Lipinski definition) is 2. The Hall–Kier alpha value is -3.27. The van der Waals surface area contributed by atoms with Crippen LogP contribution in [0.4, 0.5) is 8.78 Å². The predicted molar refractivity (Wildman–Crippen MR) is 120 cm³/mol. The zero-order chi connectivity index (χ0) is 24.9. The molecule has 0 saturated carbocycles. The fraction of sp³-hybridized carbons (Fsp3) is 0.458. The van der Waals surface area contributed by atoms with Crippen LogP contribution in [0, 0.1) is 11.6 Å². The molecule has 3 heterocycles. The summed E-state index contributed by atoms with van der Waals surface area (Å²) in [6, 6.07) is 3.17. The Morgan fingerprint density at radius 3 is 2.62 bits per heavy atom. The van der Waals surface area contributed by atoms with Crippen LogP contribution in [0.1, 0.15) is 60.5 Å². The third-order valence-corrected chi connectivity index (χ3v) is 6.85. The lowest BCUT2D eigenvalue weighted by Crippen LogP contribution is -2.63. The van der Waals surface area contributed by atoms with Crippen LogP contribution in [-0.4, -0.2) is 55.6 Å². The molecule has 2 amide bonds.